The van der Waals surface area contributed by atoms with Crippen molar-refractivity contribution in [2.45, 2.75) is 20.0 Å². The summed E-state index contributed by atoms with van der Waals surface area (Å²) in [5.41, 5.74) is 7.48. The Labute approximate surface area is 105 Å². The molecule has 0 aliphatic carbocycles. The normalized spacial score (nSPS) is 10.6. The summed E-state index contributed by atoms with van der Waals surface area (Å²) in [6, 6.07) is 6.40. The number of rotatable bonds is 4. The van der Waals surface area contributed by atoms with Gasteiger partial charge in [-0.05, 0) is 24.6 Å². The van der Waals surface area contributed by atoms with E-state index in [0.29, 0.717) is 12.4 Å². The van der Waals surface area contributed by atoms with Crippen molar-refractivity contribution in [2.24, 2.45) is 7.05 Å². The molecule has 0 aliphatic heterocycles. The van der Waals surface area contributed by atoms with E-state index < -0.39 is 5.82 Å². The number of nitrogen functional groups attached to an aromatic ring is 1. The van der Waals surface area contributed by atoms with Crippen LogP contribution in [0.15, 0.2) is 24.3 Å². The Morgan fingerprint density at radius 3 is 2.78 bits per heavy atom. The van der Waals surface area contributed by atoms with E-state index in [1.807, 2.05) is 20.0 Å². The molecule has 0 fully saturated rings. The molecule has 0 radical (unpaired) electrons. The van der Waals surface area contributed by atoms with Crippen LogP contribution in [0.25, 0.3) is 0 Å². The van der Waals surface area contributed by atoms with Crippen LogP contribution in [0.4, 0.5) is 10.1 Å². The van der Waals surface area contributed by atoms with Gasteiger partial charge in [-0.2, -0.15) is 5.10 Å². The highest BCUT2D eigenvalue weighted by Crippen LogP contribution is 2.19. The largest absolute Gasteiger partial charge is 0.487 e. The third-order valence-electron chi connectivity index (χ3n) is 2.75. The summed E-state index contributed by atoms with van der Waals surface area (Å²) in [6.45, 7) is 2.40. The summed E-state index contributed by atoms with van der Waals surface area (Å²) >= 11 is 0. The van der Waals surface area contributed by atoms with Crippen molar-refractivity contribution in [1.82, 2.24) is 9.78 Å². The fourth-order valence-electron chi connectivity index (χ4n) is 1.63. The van der Waals surface area contributed by atoms with Crippen molar-refractivity contribution in [3.63, 3.8) is 0 Å². The summed E-state index contributed by atoms with van der Waals surface area (Å²) < 4.78 is 20.5. The highest BCUT2D eigenvalue weighted by atomic mass is 19.1. The number of aromatic nitrogens is 2. The van der Waals surface area contributed by atoms with Crippen LogP contribution in [0.5, 0.6) is 5.75 Å². The molecule has 0 aliphatic rings. The fourth-order valence-corrected chi connectivity index (χ4v) is 1.63. The van der Waals surface area contributed by atoms with Crippen molar-refractivity contribution >= 4 is 5.69 Å². The van der Waals surface area contributed by atoms with Gasteiger partial charge in [0.05, 0.1) is 17.1 Å². The zero-order chi connectivity index (χ0) is 13.1. The molecule has 18 heavy (non-hydrogen) atoms. The summed E-state index contributed by atoms with van der Waals surface area (Å²) in [4.78, 5) is 0. The van der Waals surface area contributed by atoms with E-state index in [1.54, 1.807) is 10.7 Å². The number of ether oxygens (including phenoxy) is 1. The first-order valence-corrected chi connectivity index (χ1v) is 5.79. The second-order valence-corrected chi connectivity index (χ2v) is 4.08. The lowest BCUT2D eigenvalue weighted by molar-refractivity contribution is 0.293. The molecular weight excluding hydrogens is 233 g/mol. The maximum Gasteiger partial charge on any atom is 0.149 e. The number of benzene rings is 1. The maximum absolute atomic E-state index is 13.2. The van der Waals surface area contributed by atoms with Gasteiger partial charge in [-0.1, -0.05) is 6.92 Å². The molecule has 0 saturated heterocycles. The van der Waals surface area contributed by atoms with Crippen molar-refractivity contribution in [2.75, 3.05) is 5.73 Å². The van der Waals surface area contributed by atoms with Crippen LogP contribution in [0.3, 0.4) is 0 Å². The molecular formula is C13H16FN3O. The third kappa shape index (κ3) is 2.61. The van der Waals surface area contributed by atoms with Gasteiger partial charge in [0.15, 0.2) is 0 Å². The van der Waals surface area contributed by atoms with Gasteiger partial charge >= 0.3 is 0 Å². The van der Waals surface area contributed by atoms with E-state index in [2.05, 4.69) is 5.10 Å². The number of halogens is 1. The minimum atomic E-state index is -0.466. The summed E-state index contributed by atoms with van der Waals surface area (Å²) in [5.74, 6) is -0.00676. The van der Waals surface area contributed by atoms with E-state index >= 15 is 0 Å². The Hall–Kier alpha value is -2.04. The van der Waals surface area contributed by atoms with Gasteiger partial charge in [-0.25, -0.2) is 4.39 Å². The van der Waals surface area contributed by atoms with E-state index in [4.69, 9.17) is 10.5 Å². The molecule has 1 aromatic carbocycles. The number of aryl methyl sites for hydroxylation is 2. The first-order valence-electron chi connectivity index (χ1n) is 5.79. The van der Waals surface area contributed by atoms with Crippen molar-refractivity contribution in [3.8, 4) is 5.75 Å². The van der Waals surface area contributed by atoms with Gasteiger partial charge in [0, 0.05) is 13.1 Å². The molecule has 0 amide bonds. The van der Waals surface area contributed by atoms with E-state index in [1.165, 1.54) is 12.1 Å². The number of nitrogens with two attached hydrogens (primary N) is 1. The summed E-state index contributed by atoms with van der Waals surface area (Å²) in [7, 11) is 1.86. The molecule has 0 bridgehead atoms. The number of hydrogen-bond donors (Lipinski definition) is 1. The van der Waals surface area contributed by atoms with Crippen LogP contribution in [0.2, 0.25) is 0 Å². The highest BCUT2D eigenvalue weighted by molar-refractivity contribution is 5.43. The van der Waals surface area contributed by atoms with E-state index in [0.717, 1.165) is 17.8 Å². The Kier molecular flexibility index (Phi) is 3.50. The smallest absolute Gasteiger partial charge is 0.149 e. The lowest BCUT2D eigenvalue weighted by Crippen LogP contribution is -2.03. The zero-order valence-electron chi connectivity index (χ0n) is 10.5. The van der Waals surface area contributed by atoms with Crippen molar-refractivity contribution < 1.29 is 9.13 Å². The van der Waals surface area contributed by atoms with E-state index in [9.17, 15) is 4.39 Å². The predicted octanol–water partition coefficient (Wildman–Crippen LogP) is 2.28. The number of hydrogen-bond acceptors (Lipinski definition) is 3. The number of anilines is 1. The highest BCUT2D eigenvalue weighted by Gasteiger charge is 2.06. The zero-order valence-corrected chi connectivity index (χ0v) is 10.5. The van der Waals surface area contributed by atoms with Crippen LogP contribution in [0, 0.1) is 5.82 Å². The summed E-state index contributed by atoms with van der Waals surface area (Å²) in [6.07, 6.45) is 0.879. The minimum absolute atomic E-state index is 0.121. The van der Waals surface area contributed by atoms with Crippen LogP contribution >= 0.6 is 0 Å². The Balaban J connectivity index is 2.06. The second-order valence-electron chi connectivity index (χ2n) is 4.08. The monoisotopic (exact) mass is 249 g/mol. The molecule has 0 saturated carbocycles. The van der Waals surface area contributed by atoms with Crippen LogP contribution in [-0.2, 0) is 20.1 Å². The SMILES string of the molecule is CCc1cc(COc2ccc(N)c(F)c2)n(C)n1. The molecule has 2 N–H and O–H groups in total. The Bertz CT molecular complexity index is 551. The first kappa shape index (κ1) is 12.4. The van der Waals surface area contributed by atoms with Crippen molar-refractivity contribution in [3.05, 3.63) is 41.5 Å². The lowest BCUT2D eigenvalue weighted by atomic mass is 10.3. The average Bonchev–Trinajstić information content (AvgIpc) is 2.72. The maximum atomic E-state index is 13.2. The fraction of sp³-hybridized carbons (Fsp3) is 0.308. The minimum Gasteiger partial charge on any atom is -0.487 e. The molecule has 0 unspecified atom stereocenters. The predicted molar refractivity (Wildman–Crippen MR) is 67.7 cm³/mol. The molecule has 5 heteroatoms. The molecule has 4 nitrogen and oxygen atoms in total. The molecule has 2 aromatic rings. The molecule has 1 heterocycles. The molecule has 1 aromatic heterocycles. The molecule has 2 rings (SSSR count). The van der Waals surface area contributed by atoms with Gasteiger partial charge in [-0.15, -0.1) is 0 Å². The molecule has 0 spiro atoms. The number of nitrogens with zero attached hydrogens (tertiary/aromatic N) is 2. The van der Waals surface area contributed by atoms with Crippen molar-refractivity contribution in [1.29, 1.82) is 0 Å². The van der Waals surface area contributed by atoms with E-state index in [-0.39, 0.29) is 5.69 Å². The van der Waals surface area contributed by atoms with Gasteiger partial charge in [0.1, 0.15) is 18.2 Å². The standard InChI is InChI=1S/C13H16FN3O/c1-3-9-6-10(17(2)16-9)8-18-11-4-5-13(15)12(14)7-11/h4-7H,3,8,15H2,1-2H3. The van der Waals surface area contributed by atoms with Crippen LogP contribution in [-0.4, -0.2) is 9.78 Å². The topological polar surface area (TPSA) is 53.1 Å². The summed E-state index contributed by atoms with van der Waals surface area (Å²) in [5, 5.41) is 4.32. The average molecular weight is 249 g/mol. The second kappa shape index (κ2) is 5.08. The first-order chi connectivity index (χ1) is 8.60. The van der Waals surface area contributed by atoms with Gasteiger partial charge < -0.3 is 10.5 Å². The molecule has 0 atom stereocenters. The Morgan fingerprint density at radius 1 is 1.39 bits per heavy atom. The molecule has 96 valence electrons. The van der Waals surface area contributed by atoms with Crippen LogP contribution < -0.4 is 10.5 Å². The van der Waals surface area contributed by atoms with Gasteiger partial charge in [-0.3, -0.25) is 4.68 Å². The van der Waals surface area contributed by atoms with Crippen LogP contribution in [0.1, 0.15) is 18.3 Å². The Morgan fingerprint density at radius 2 is 2.17 bits per heavy atom. The third-order valence-corrected chi connectivity index (χ3v) is 2.75. The van der Waals surface area contributed by atoms with Gasteiger partial charge in [0.25, 0.3) is 0 Å². The quantitative estimate of drug-likeness (QED) is 0.846. The lowest BCUT2D eigenvalue weighted by Gasteiger charge is -2.07. The van der Waals surface area contributed by atoms with Gasteiger partial charge in [0.2, 0.25) is 0 Å².